The highest BCUT2D eigenvalue weighted by Crippen LogP contribution is 2.17. The maximum atomic E-state index is 11.3. The summed E-state index contributed by atoms with van der Waals surface area (Å²) in [5.74, 6) is 0.0441. The number of benzene rings is 1. The molecule has 0 amide bonds. The van der Waals surface area contributed by atoms with Crippen LogP contribution in [-0.2, 0) is 14.8 Å². The molecule has 20 heavy (non-hydrogen) atoms. The normalized spacial score (nSPS) is 11.2. The fraction of sp³-hybridized carbons (Fsp3) is 0.300. The van der Waals surface area contributed by atoms with Crippen LogP contribution in [0.4, 0.5) is 10.5 Å². The highest BCUT2D eigenvalue weighted by atomic mass is 32.2. The zero-order valence-electron chi connectivity index (χ0n) is 10.7. The van der Waals surface area contributed by atoms with Crippen molar-refractivity contribution in [1.82, 2.24) is 4.31 Å². The Morgan fingerprint density at radius 2 is 1.90 bits per heavy atom. The average molecular weight is 304 g/mol. The molecule has 0 saturated heterocycles. The Hall–Kier alpha value is -2.20. The van der Waals surface area contributed by atoms with E-state index in [9.17, 15) is 23.3 Å². The van der Waals surface area contributed by atoms with E-state index in [-0.39, 0.29) is 11.4 Å². The first kappa shape index (κ1) is 15.9. The van der Waals surface area contributed by atoms with E-state index in [1.807, 2.05) is 0 Å². The van der Waals surface area contributed by atoms with Gasteiger partial charge in [-0.2, -0.15) is 4.31 Å². The minimum Gasteiger partial charge on any atom is -0.417 e. The zero-order valence-corrected chi connectivity index (χ0v) is 11.5. The molecule has 1 aromatic carbocycles. The molecule has 110 valence electrons. The summed E-state index contributed by atoms with van der Waals surface area (Å²) in [4.78, 5) is 21.1. The van der Waals surface area contributed by atoms with Gasteiger partial charge in [-0.1, -0.05) is 0 Å². The van der Waals surface area contributed by atoms with Crippen LogP contribution < -0.4 is 4.74 Å². The summed E-state index contributed by atoms with van der Waals surface area (Å²) < 4.78 is 32.1. The molecular formula is C10H12N2O7S. The minimum absolute atomic E-state index is 0.0441. The number of non-ortho nitro benzene ring substituents is 1. The molecule has 0 bridgehead atoms. The zero-order chi connectivity index (χ0) is 15.3. The number of hydrogen-bond donors (Lipinski definition) is 0. The van der Waals surface area contributed by atoms with Crippen LogP contribution in [0.2, 0.25) is 0 Å². The molecule has 1 aromatic rings. The maximum absolute atomic E-state index is 11.3. The second-order valence-corrected chi connectivity index (χ2v) is 5.83. The van der Waals surface area contributed by atoms with Crippen molar-refractivity contribution in [3.8, 4) is 5.75 Å². The van der Waals surface area contributed by atoms with E-state index in [4.69, 9.17) is 4.74 Å². The van der Waals surface area contributed by atoms with Crippen molar-refractivity contribution in [2.45, 2.75) is 0 Å². The molecule has 1 rings (SSSR count). The topological polar surface area (TPSA) is 116 Å². The fourth-order valence-electron chi connectivity index (χ4n) is 1.00. The molecule has 0 fully saturated rings. The predicted octanol–water partition coefficient (Wildman–Crippen LogP) is 0.959. The number of rotatable bonds is 5. The van der Waals surface area contributed by atoms with Crippen molar-refractivity contribution in [2.24, 2.45) is 0 Å². The standard InChI is InChI=1S/C10H12N2O7S/c1-11(20(2,16)17)7-18-10(13)19-9-5-3-8(4-6-9)12(14)15/h3-6H,7H2,1-2H3. The van der Waals surface area contributed by atoms with Crippen LogP contribution in [0.1, 0.15) is 0 Å². The van der Waals surface area contributed by atoms with Gasteiger partial charge in [-0.05, 0) is 12.1 Å². The predicted molar refractivity (Wildman–Crippen MR) is 67.7 cm³/mol. The van der Waals surface area contributed by atoms with Gasteiger partial charge in [-0.3, -0.25) is 10.1 Å². The molecule has 0 N–H and O–H groups in total. The first-order valence-electron chi connectivity index (χ1n) is 5.20. The quantitative estimate of drug-likeness (QED) is 0.261. The first-order valence-corrected chi connectivity index (χ1v) is 7.05. The van der Waals surface area contributed by atoms with E-state index in [1.54, 1.807) is 0 Å². The maximum Gasteiger partial charge on any atom is 0.515 e. The number of sulfonamides is 1. The molecule has 0 aromatic heterocycles. The smallest absolute Gasteiger partial charge is 0.417 e. The van der Waals surface area contributed by atoms with Gasteiger partial charge in [0.2, 0.25) is 10.0 Å². The third kappa shape index (κ3) is 4.82. The van der Waals surface area contributed by atoms with Crippen LogP contribution in [0.15, 0.2) is 24.3 Å². The van der Waals surface area contributed by atoms with Gasteiger partial charge in [-0.25, -0.2) is 13.2 Å². The lowest BCUT2D eigenvalue weighted by molar-refractivity contribution is -0.384. The van der Waals surface area contributed by atoms with Crippen LogP contribution in [0.5, 0.6) is 5.75 Å². The van der Waals surface area contributed by atoms with Crippen molar-refractivity contribution in [3.05, 3.63) is 34.4 Å². The molecule has 0 spiro atoms. The molecule has 0 aliphatic carbocycles. The van der Waals surface area contributed by atoms with Gasteiger partial charge < -0.3 is 9.47 Å². The van der Waals surface area contributed by atoms with Crippen LogP contribution in [0.25, 0.3) is 0 Å². The summed E-state index contributed by atoms with van der Waals surface area (Å²) in [6.07, 6.45) is -0.160. The molecule has 0 saturated carbocycles. The second-order valence-electron chi connectivity index (χ2n) is 3.74. The van der Waals surface area contributed by atoms with Gasteiger partial charge in [0.15, 0.2) is 6.73 Å². The Labute approximate surface area is 114 Å². The molecule has 0 heterocycles. The summed E-state index contributed by atoms with van der Waals surface area (Å²) in [6.45, 7) is -0.495. The number of nitrogens with zero attached hydrogens (tertiary/aromatic N) is 2. The van der Waals surface area contributed by atoms with E-state index in [0.717, 1.165) is 22.7 Å². The lowest BCUT2D eigenvalue weighted by Crippen LogP contribution is -2.30. The molecule has 10 heteroatoms. The largest absolute Gasteiger partial charge is 0.515 e. The third-order valence-corrected chi connectivity index (χ3v) is 3.42. The van der Waals surface area contributed by atoms with Crippen molar-refractivity contribution < 1.29 is 27.6 Å². The number of nitro benzene ring substituents is 1. The van der Waals surface area contributed by atoms with E-state index in [1.165, 1.54) is 19.2 Å². The van der Waals surface area contributed by atoms with Crippen molar-refractivity contribution in [3.63, 3.8) is 0 Å². The van der Waals surface area contributed by atoms with Crippen LogP contribution in [-0.4, -0.2) is 43.8 Å². The molecule has 0 unspecified atom stereocenters. The summed E-state index contributed by atoms with van der Waals surface area (Å²) >= 11 is 0. The minimum atomic E-state index is -3.46. The number of hydrogen-bond acceptors (Lipinski definition) is 7. The molecular weight excluding hydrogens is 292 g/mol. The third-order valence-electron chi connectivity index (χ3n) is 2.18. The van der Waals surface area contributed by atoms with Crippen molar-refractivity contribution in [2.75, 3.05) is 20.0 Å². The van der Waals surface area contributed by atoms with Crippen LogP contribution in [0.3, 0.4) is 0 Å². The van der Waals surface area contributed by atoms with Gasteiger partial charge in [-0.15, -0.1) is 0 Å². The van der Waals surface area contributed by atoms with Crippen LogP contribution >= 0.6 is 0 Å². The molecule has 0 aliphatic rings. The number of ether oxygens (including phenoxy) is 2. The van der Waals surface area contributed by atoms with E-state index in [0.29, 0.717) is 0 Å². The fourth-order valence-corrected chi connectivity index (χ4v) is 1.25. The van der Waals surface area contributed by atoms with Gasteiger partial charge in [0.1, 0.15) is 5.75 Å². The summed E-state index contributed by atoms with van der Waals surface area (Å²) in [7, 11) is -2.23. The number of carbonyl (C=O) groups excluding carboxylic acids is 1. The summed E-state index contributed by atoms with van der Waals surface area (Å²) in [5.41, 5.74) is -0.150. The van der Waals surface area contributed by atoms with Crippen LogP contribution in [0, 0.1) is 10.1 Å². The molecule has 0 aliphatic heterocycles. The summed E-state index contributed by atoms with van der Waals surface area (Å²) in [5, 5.41) is 10.4. The van der Waals surface area contributed by atoms with E-state index >= 15 is 0 Å². The molecule has 0 atom stereocenters. The van der Waals surface area contributed by atoms with Gasteiger partial charge >= 0.3 is 6.16 Å². The van der Waals surface area contributed by atoms with Gasteiger partial charge in [0.05, 0.1) is 11.2 Å². The SMILES string of the molecule is CN(COC(=O)Oc1ccc([N+](=O)[O-])cc1)S(C)(=O)=O. The second kappa shape index (κ2) is 6.30. The van der Waals surface area contributed by atoms with Crippen molar-refractivity contribution in [1.29, 1.82) is 0 Å². The average Bonchev–Trinajstić information content (AvgIpc) is 2.35. The lowest BCUT2D eigenvalue weighted by atomic mass is 10.3. The lowest BCUT2D eigenvalue weighted by Gasteiger charge is -2.13. The molecule has 9 nitrogen and oxygen atoms in total. The Balaban J connectivity index is 2.52. The Bertz CT molecular complexity index is 597. The highest BCUT2D eigenvalue weighted by molar-refractivity contribution is 7.88. The number of carbonyl (C=O) groups is 1. The Morgan fingerprint density at radius 3 is 2.35 bits per heavy atom. The Morgan fingerprint density at radius 1 is 1.35 bits per heavy atom. The van der Waals surface area contributed by atoms with E-state index < -0.39 is 27.8 Å². The summed E-state index contributed by atoms with van der Waals surface area (Å²) in [6, 6.07) is 4.76. The van der Waals surface area contributed by atoms with Crippen molar-refractivity contribution >= 4 is 21.9 Å². The van der Waals surface area contributed by atoms with E-state index in [2.05, 4.69) is 4.74 Å². The number of nitro groups is 1. The Kier molecular flexibility index (Phi) is 5.00. The molecule has 0 radical (unpaired) electrons. The first-order chi connectivity index (χ1) is 9.20. The highest BCUT2D eigenvalue weighted by Gasteiger charge is 2.14. The monoisotopic (exact) mass is 304 g/mol. The van der Waals surface area contributed by atoms with Gasteiger partial charge in [0, 0.05) is 19.2 Å². The van der Waals surface area contributed by atoms with Gasteiger partial charge in [0.25, 0.3) is 5.69 Å².